The summed E-state index contributed by atoms with van der Waals surface area (Å²) in [6, 6.07) is 19.6. The highest BCUT2D eigenvalue weighted by atomic mass is 16.5. The van der Waals surface area contributed by atoms with Crippen LogP contribution in [-0.4, -0.2) is 16.4 Å². The molecule has 0 saturated carbocycles. The third-order valence-electron chi connectivity index (χ3n) is 4.76. The molecular formula is C22H20N4O2. The predicted octanol–water partition coefficient (Wildman–Crippen LogP) is 3.80. The molecule has 2 heterocycles. The van der Waals surface area contributed by atoms with Gasteiger partial charge in [-0.1, -0.05) is 30.3 Å². The molecule has 0 radical (unpaired) electrons. The zero-order valence-corrected chi connectivity index (χ0v) is 15.7. The monoisotopic (exact) mass is 372 g/mol. The van der Waals surface area contributed by atoms with E-state index in [1.54, 1.807) is 4.68 Å². The van der Waals surface area contributed by atoms with E-state index in [4.69, 9.17) is 15.2 Å². The first kappa shape index (κ1) is 17.7. The Morgan fingerprint density at radius 1 is 1.18 bits per heavy atom. The lowest BCUT2D eigenvalue weighted by Gasteiger charge is -2.25. The minimum absolute atomic E-state index is 0.103. The van der Waals surface area contributed by atoms with E-state index in [2.05, 4.69) is 11.2 Å². The van der Waals surface area contributed by atoms with Crippen LogP contribution < -0.4 is 15.2 Å². The fourth-order valence-corrected chi connectivity index (χ4v) is 3.51. The highest BCUT2D eigenvalue weighted by Crippen LogP contribution is 2.44. The van der Waals surface area contributed by atoms with Gasteiger partial charge in [-0.3, -0.25) is 0 Å². The number of para-hydroxylation sites is 1. The minimum Gasteiger partial charge on any atom is -0.494 e. The van der Waals surface area contributed by atoms with Gasteiger partial charge in [0.05, 0.1) is 29.5 Å². The highest BCUT2D eigenvalue weighted by molar-refractivity contribution is 5.57. The van der Waals surface area contributed by atoms with Crippen LogP contribution in [0.1, 0.15) is 29.7 Å². The summed E-state index contributed by atoms with van der Waals surface area (Å²) in [5.41, 5.74) is 9.95. The molecule has 1 unspecified atom stereocenters. The largest absolute Gasteiger partial charge is 0.494 e. The molecule has 6 nitrogen and oxygen atoms in total. The van der Waals surface area contributed by atoms with Crippen molar-refractivity contribution in [3.63, 3.8) is 0 Å². The van der Waals surface area contributed by atoms with Crippen molar-refractivity contribution in [2.45, 2.75) is 19.8 Å². The first-order valence-corrected chi connectivity index (χ1v) is 9.09. The molecule has 0 fully saturated rings. The molecule has 1 atom stereocenters. The number of nitrogens with two attached hydrogens (primary N) is 1. The summed E-state index contributed by atoms with van der Waals surface area (Å²) < 4.78 is 13.1. The standard InChI is InChI=1S/C22H20N4O2/c1-3-27-17-11-9-15(10-12-17)20-18(13-23)21(24)28-22-19(20)14(2)25-26(22)16-7-5-4-6-8-16/h4-12,20H,3,24H2,1-2H3. The molecule has 140 valence electrons. The molecule has 0 amide bonds. The Balaban J connectivity index is 1.88. The summed E-state index contributed by atoms with van der Waals surface area (Å²) in [6.45, 7) is 4.46. The Morgan fingerprint density at radius 3 is 2.54 bits per heavy atom. The van der Waals surface area contributed by atoms with Crippen molar-refractivity contribution >= 4 is 0 Å². The number of aryl methyl sites for hydroxylation is 1. The van der Waals surface area contributed by atoms with Gasteiger partial charge in [-0.15, -0.1) is 0 Å². The van der Waals surface area contributed by atoms with E-state index in [1.165, 1.54) is 0 Å². The van der Waals surface area contributed by atoms with Crippen LogP contribution in [0.25, 0.3) is 5.69 Å². The van der Waals surface area contributed by atoms with Gasteiger partial charge in [-0.2, -0.15) is 10.4 Å². The molecule has 0 spiro atoms. The Kier molecular flexibility index (Phi) is 4.50. The molecule has 2 aromatic carbocycles. The highest BCUT2D eigenvalue weighted by Gasteiger charge is 2.36. The average molecular weight is 372 g/mol. The van der Waals surface area contributed by atoms with E-state index in [1.807, 2.05) is 68.4 Å². The zero-order chi connectivity index (χ0) is 19.7. The molecule has 3 aromatic rings. The van der Waals surface area contributed by atoms with Gasteiger partial charge in [0.25, 0.3) is 0 Å². The van der Waals surface area contributed by atoms with E-state index in [0.717, 1.165) is 28.3 Å². The van der Waals surface area contributed by atoms with Gasteiger partial charge < -0.3 is 15.2 Å². The van der Waals surface area contributed by atoms with E-state index < -0.39 is 0 Å². The SMILES string of the molecule is CCOc1ccc(C2C(C#N)=C(N)Oc3c2c(C)nn3-c2ccccc2)cc1. The van der Waals surface area contributed by atoms with Gasteiger partial charge >= 0.3 is 0 Å². The molecule has 28 heavy (non-hydrogen) atoms. The summed E-state index contributed by atoms with van der Waals surface area (Å²) >= 11 is 0. The van der Waals surface area contributed by atoms with Gasteiger partial charge in [0.1, 0.15) is 17.4 Å². The number of fused-ring (bicyclic) bond motifs is 1. The number of allylic oxidation sites excluding steroid dienone is 1. The number of hydrogen-bond donors (Lipinski definition) is 1. The first-order chi connectivity index (χ1) is 13.6. The van der Waals surface area contributed by atoms with Crippen LogP contribution in [0.3, 0.4) is 0 Å². The number of nitriles is 1. The Bertz CT molecular complexity index is 1080. The van der Waals surface area contributed by atoms with E-state index >= 15 is 0 Å². The van der Waals surface area contributed by atoms with Crippen molar-refractivity contribution in [3.05, 3.63) is 82.9 Å². The summed E-state index contributed by atoms with van der Waals surface area (Å²) in [6.07, 6.45) is 0. The third kappa shape index (κ3) is 2.87. The van der Waals surface area contributed by atoms with E-state index in [9.17, 15) is 5.26 Å². The fourth-order valence-electron chi connectivity index (χ4n) is 3.51. The molecule has 6 heteroatoms. The van der Waals surface area contributed by atoms with Crippen LogP contribution in [0.2, 0.25) is 0 Å². The molecule has 2 N–H and O–H groups in total. The molecule has 1 aliphatic heterocycles. The summed E-state index contributed by atoms with van der Waals surface area (Å²) in [5, 5.41) is 14.4. The normalized spacial score (nSPS) is 15.5. The van der Waals surface area contributed by atoms with Crippen molar-refractivity contribution in [3.8, 4) is 23.4 Å². The predicted molar refractivity (Wildman–Crippen MR) is 105 cm³/mol. The number of aromatic nitrogens is 2. The van der Waals surface area contributed by atoms with E-state index in [0.29, 0.717) is 18.1 Å². The van der Waals surface area contributed by atoms with Crippen LogP contribution in [0.5, 0.6) is 11.6 Å². The first-order valence-electron chi connectivity index (χ1n) is 9.09. The molecule has 0 saturated heterocycles. The second kappa shape index (κ2) is 7.12. The summed E-state index contributed by atoms with van der Waals surface area (Å²) in [4.78, 5) is 0. The second-order valence-electron chi connectivity index (χ2n) is 6.48. The van der Waals surface area contributed by atoms with Crippen LogP contribution >= 0.6 is 0 Å². The van der Waals surface area contributed by atoms with Gasteiger partial charge in [-0.25, -0.2) is 4.68 Å². The van der Waals surface area contributed by atoms with Crippen molar-refractivity contribution in [1.29, 1.82) is 5.26 Å². The van der Waals surface area contributed by atoms with Crippen LogP contribution in [0.4, 0.5) is 0 Å². The lowest BCUT2D eigenvalue weighted by Crippen LogP contribution is -2.22. The van der Waals surface area contributed by atoms with Crippen LogP contribution in [-0.2, 0) is 0 Å². The maximum atomic E-state index is 9.75. The molecule has 0 bridgehead atoms. The number of nitrogens with zero attached hydrogens (tertiary/aromatic N) is 3. The Labute approximate surface area is 163 Å². The summed E-state index contributed by atoms with van der Waals surface area (Å²) in [5.74, 6) is 1.08. The molecular weight excluding hydrogens is 352 g/mol. The molecule has 1 aromatic heterocycles. The Morgan fingerprint density at radius 2 is 1.89 bits per heavy atom. The van der Waals surface area contributed by atoms with Crippen LogP contribution in [0.15, 0.2) is 66.1 Å². The topological polar surface area (TPSA) is 86.1 Å². The molecule has 0 aliphatic carbocycles. The lowest BCUT2D eigenvalue weighted by atomic mass is 9.84. The third-order valence-corrected chi connectivity index (χ3v) is 4.76. The Hall–Kier alpha value is -3.72. The van der Waals surface area contributed by atoms with Crippen molar-refractivity contribution in [2.75, 3.05) is 6.61 Å². The average Bonchev–Trinajstić information content (AvgIpc) is 3.04. The maximum absolute atomic E-state index is 9.75. The van der Waals surface area contributed by atoms with Crippen molar-refractivity contribution in [2.24, 2.45) is 5.73 Å². The number of ether oxygens (including phenoxy) is 2. The number of benzene rings is 2. The van der Waals surface area contributed by atoms with Crippen molar-refractivity contribution in [1.82, 2.24) is 9.78 Å². The molecule has 4 rings (SSSR count). The lowest BCUT2D eigenvalue weighted by molar-refractivity contribution is 0.340. The van der Waals surface area contributed by atoms with Gasteiger partial charge in [0, 0.05) is 0 Å². The smallest absolute Gasteiger partial charge is 0.229 e. The van der Waals surface area contributed by atoms with Gasteiger partial charge in [0.2, 0.25) is 11.8 Å². The minimum atomic E-state index is -0.345. The van der Waals surface area contributed by atoms with E-state index in [-0.39, 0.29) is 11.8 Å². The van der Waals surface area contributed by atoms with Crippen molar-refractivity contribution < 1.29 is 9.47 Å². The van der Waals surface area contributed by atoms with Crippen LogP contribution in [0, 0.1) is 18.3 Å². The summed E-state index contributed by atoms with van der Waals surface area (Å²) in [7, 11) is 0. The number of hydrogen-bond acceptors (Lipinski definition) is 5. The fraction of sp³-hybridized carbons (Fsp3) is 0.182. The second-order valence-corrected chi connectivity index (χ2v) is 6.48. The zero-order valence-electron chi connectivity index (χ0n) is 15.7. The quantitative estimate of drug-likeness (QED) is 0.753. The van der Waals surface area contributed by atoms with Gasteiger partial charge in [-0.05, 0) is 43.7 Å². The molecule has 1 aliphatic rings. The van der Waals surface area contributed by atoms with Gasteiger partial charge in [0.15, 0.2) is 0 Å². The maximum Gasteiger partial charge on any atom is 0.229 e. The number of rotatable bonds is 4.